The number of hydrogen-bond donors (Lipinski definition) is 2. The maximum absolute atomic E-state index is 8.73. The quantitative estimate of drug-likeness (QED) is 0.660. The van der Waals surface area contributed by atoms with Gasteiger partial charge in [-0.1, -0.05) is 0 Å². The molecule has 74 valence electrons. The van der Waals surface area contributed by atoms with Crippen LogP contribution in [-0.2, 0) is 0 Å². The second kappa shape index (κ2) is 4.20. The first-order valence-electron chi connectivity index (χ1n) is 4.10. The average Bonchev–Trinajstić information content (AvgIpc) is 2.64. The van der Waals surface area contributed by atoms with E-state index in [4.69, 9.17) is 15.4 Å². The summed E-state index contributed by atoms with van der Waals surface area (Å²) in [7, 11) is 1.85. The molecule has 6 heteroatoms. The van der Waals surface area contributed by atoms with Gasteiger partial charge in [0, 0.05) is 13.6 Å². The molecule has 0 saturated carbocycles. The third-order valence-corrected chi connectivity index (χ3v) is 1.76. The van der Waals surface area contributed by atoms with Crippen LogP contribution in [0.5, 0.6) is 0 Å². The molecule has 0 saturated heterocycles. The molecule has 1 rings (SSSR count). The van der Waals surface area contributed by atoms with Crippen molar-refractivity contribution in [3.63, 3.8) is 0 Å². The van der Waals surface area contributed by atoms with Crippen molar-refractivity contribution in [2.24, 2.45) is 5.73 Å². The normalized spacial score (nSPS) is 12.9. The van der Waals surface area contributed by atoms with Crippen molar-refractivity contribution in [2.45, 2.75) is 13.0 Å². The van der Waals surface area contributed by atoms with Crippen LogP contribution in [0.4, 0.5) is 5.95 Å². The van der Waals surface area contributed by atoms with Crippen LogP contribution in [0.15, 0.2) is 4.52 Å². The predicted molar refractivity (Wildman–Crippen MR) is 47.3 cm³/mol. The molecule has 0 bridgehead atoms. The van der Waals surface area contributed by atoms with Crippen LogP contribution in [0, 0.1) is 0 Å². The van der Waals surface area contributed by atoms with Crippen molar-refractivity contribution in [3.05, 3.63) is 5.89 Å². The van der Waals surface area contributed by atoms with Gasteiger partial charge in [0.2, 0.25) is 5.89 Å². The highest BCUT2D eigenvalue weighted by Gasteiger charge is 2.14. The van der Waals surface area contributed by atoms with E-state index in [1.54, 1.807) is 0 Å². The number of nitrogens with zero attached hydrogens (tertiary/aromatic N) is 3. The van der Waals surface area contributed by atoms with Gasteiger partial charge >= 0.3 is 0 Å². The van der Waals surface area contributed by atoms with Gasteiger partial charge < -0.3 is 20.3 Å². The Morgan fingerprint density at radius 2 is 2.38 bits per heavy atom. The fraction of sp³-hybridized carbons (Fsp3) is 0.714. The molecule has 0 aliphatic heterocycles. The summed E-state index contributed by atoms with van der Waals surface area (Å²) in [5, 5.41) is 12.4. The molecule has 1 heterocycles. The van der Waals surface area contributed by atoms with E-state index in [0.717, 1.165) is 6.54 Å². The molecule has 0 aliphatic carbocycles. The van der Waals surface area contributed by atoms with Crippen LogP contribution >= 0.6 is 0 Å². The maximum atomic E-state index is 8.73. The van der Waals surface area contributed by atoms with E-state index in [1.165, 1.54) is 0 Å². The minimum atomic E-state index is -0.591. The van der Waals surface area contributed by atoms with Crippen molar-refractivity contribution >= 4 is 5.95 Å². The number of aromatic nitrogens is 2. The van der Waals surface area contributed by atoms with E-state index in [1.807, 2.05) is 18.9 Å². The molecule has 1 aromatic heterocycles. The minimum absolute atomic E-state index is 0.197. The summed E-state index contributed by atoms with van der Waals surface area (Å²) in [5.74, 6) is 0.749. The van der Waals surface area contributed by atoms with Gasteiger partial charge in [0.15, 0.2) is 0 Å². The summed E-state index contributed by atoms with van der Waals surface area (Å²) >= 11 is 0. The van der Waals surface area contributed by atoms with Crippen molar-refractivity contribution in [1.29, 1.82) is 0 Å². The average molecular weight is 186 g/mol. The van der Waals surface area contributed by atoms with Gasteiger partial charge in [0.05, 0.1) is 6.61 Å². The third kappa shape index (κ3) is 2.16. The van der Waals surface area contributed by atoms with E-state index in [2.05, 4.69) is 10.1 Å². The highest BCUT2D eigenvalue weighted by atomic mass is 16.5. The maximum Gasteiger partial charge on any atom is 0.265 e. The molecule has 3 N–H and O–H groups in total. The SMILES string of the molecule is CCN(C)c1noc([C@H](N)CO)n1. The standard InChI is InChI=1S/C7H14N4O2/c1-3-11(2)7-9-6(13-10-7)5(8)4-12/h5,12H,3-4,8H2,1-2H3/t5-/m1/s1. The minimum Gasteiger partial charge on any atom is -0.394 e. The van der Waals surface area contributed by atoms with Gasteiger partial charge in [0.25, 0.3) is 5.95 Å². The van der Waals surface area contributed by atoms with Gasteiger partial charge in [-0.15, -0.1) is 0 Å². The Morgan fingerprint density at radius 1 is 1.69 bits per heavy atom. The van der Waals surface area contributed by atoms with E-state index >= 15 is 0 Å². The van der Waals surface area contributed by atoms with Crippen molar-refractivity contribution in [1.82, 2.24) is 10.1 Å². The zero-order valence-electron chi connectivity index (χ0n) is 7.77. The number of hydrogen-bond acceptors (Lipinski definition) is 6. The molecular formula is C7H14N4O2. The summed E-state index contributed by atoms with van der Waals surface area (Å²) in [5.41, 5.74) is 5.48. The summed E-state index contributed by atoms with van der Waals surface area (Å²) in [4.78, 5) is 5.83. The molecule has 0 unspecified atom stereocenters. The van der Waals surface area contributed by atoms with E-state index in [-0.39, 0.29) is 12.5 Å². The smallest absolute Gasteiger partial charge is 0.265 e. The summed E-state index contributed by atoms with van der Waals surface area (Å²) < 4.78 is 4.85. The number of anilines is 1. The molecule has 1 aromatic rings. The van der Waals surface area contributed by atoms with Crippen LogP contribution in [-0.4, -0.2) is 35.4 Å². The van der Waals surface area contributed by atoms with Crippen LogP contribution in [0.3, 0.4) is 0 Å². The second-order valence-electron chi connectivity index (χ2n) is 2.74. The fourth-order valence-corrected chi connectivity index (χ4v) is 0.752. The Labute approximate surface area is 76.3 Å². The molecule has 6 nitrogen and oxygen atoms in total. The summed E-state index contributed by atoms with van der Waals surface area (Å²) in [6.45, 7) is 2.56. The van der Waals surface area contributed by atoms with Crippen molar-refractivity contribution < 1.29 is 9.63 Å². The predicted octanol–water partition coefficient (Wildman–Crippen LogP) is -0.482. The number of nitrogens with two attached hydrogens (primary N) is 1. The largest absolute Gasteiger partial charge is 0.394 e. The molecule has 0 radical (unpaired) electrons. The van der Waals surface area contributed by atoms with Gasteiger partial charge in [-0.2, -0.15) is 4.98 Å². The Kier molecular flexibility index (Phi) is 3.21. The lowest BCUT2D eigenvalue weighted by Gasteiger charge is -2.08. The van der Waals surface area contributed by atoms with Crippen LogP contribution in [0.2, 0.25) is 0 Å². The third-order valence-electron chi connectivity index (χ3n) is 1.76. The van der Waals surface area contributed by atoms with Crippen LogP contribution in [0.25, 0.3) is 0 Å². The zero-order chi connectivity index (χ0) is 9.84. The van der Waals surface area contributed by atoms with Crippen LogP contribution < -0.4 is 10.6 Å². The number of aliphatic hydroxyl groups excluding tert-OH is 1. The van der Waals surface area contributed by atoms with Crippen molar-refractivity contribution in [3.8, 4) is 0 Å². The summed E-state index contributed by atoms with van der Waals surface area (Å²) in [6, 6.07) is -0.591. The Bertz CT molecular complexity index is 238. The molecule has 13 heavy (non-hydrogen) atoms. The molecule has 1 atom stereocenters. The van der Waals surface area contributed by atoms with Crippen LogP contribution in [0.1, 0.15) is 18.9 Å². The molecule has 0 amide bonds. The first-order chi connectivity index (χ1) is 6.19. The number of rotatable bonds is 4. The van der Waals surface area contributed by atoms with Gasteiger partial charge in [-0.3, -0.25) is 0 Å². The van der Waals surface area contributed by atoms with Gasteiger partial charge in [-0.05, 0) is 12.1 Å². The first kappa shape index (κ1) is 9.94. The van der Waals surface area contributed by atoms with Crippen molar-refractivity contribution in [2.75, 3.05) is 25.1 Å². The van der Waals surface area contributed by atoms with Gasteiger partial charge in [0.1, 0.15) is 6.04 Å². The Balaban J connectivity index is 2.74. The fourth-order valence-electron chi connectivity index (χ4n) is 0.752. The van der Waals surface area contributed by atoms with E-state index in [9.17, 15) is 0 Å². The molecular weight excluding hydrogens is 172 g/mol. The summed E-state index contributed by atoms with van der Waals surface area (Å²) in [6.07, 6.45) is 0. The Morgan fingerprint density at radius 3 is 2.92 bits per heavy atom. The molecule has 0 aliphatic rings. The lowest BCUT2D eigenvalue weighted by molar-refractivity contribution is 0.237. The lowest BCUT2D eigenvalue weighted by Crippen LogP contribution is -2.18. The molecule has 0 aromatic carbocycles. The lowest BCUT2D eigenvalue weighted by atomic mass is 10.3. The first-order valence-corrected chi connectivity index (χ1v) is 4.10. The highest BCUT2D eigenvalue weighted by Crippen LogP contribution is 2.11. The molecule has 0 fully saturated rings. The monoisotopic (exact) mass is 186 g/mol. The number of aliphatic hydroxyl groups is 1. The molecule has 0 spiro atoms. The highest BCUT2D eigenvalue weighted by molar-refractivity contribution is 5.25. The van der Waals surface area contributed by atoms with E-state index in [0.29, 0.717) is 5.95 Å². The Hall–Kier alpha value is -1.14. The zero-order valence-corrected chi connectivity index (χ0v) is 7.77. The van der Waals surface area contributed by atoms with Gasteiger partial charge in [-0.25, -0.2) is 0 Å². The second-order valence-corrected chi connectivity index (χ2v) is 2.74. The topological polar surface area (TPSA) is 88.4 Å². The van der Waals surface area contributed by atoms with E-state index < -0.39 is 6.04 Å².